The molecule has 35 heavy (non-hydrogen) atoms. The molecule has 0 bridgehead atoms. The first-order valence-corrected chi connectivity index (χ1v) is 12.1. The summed E-state index contributed by atoms with van der Waals surface area (Å²) in [5.74, 6) is 1.13. The molecule has 8 heteroatoms. The van der Waals surface area contributed by atoms with Crippen LogP contribution in [-0.2, 0) is 20.7 Å². The predicted octanol–water partition coefficient (Wildman–Crippen LogP) is 3.05. The lowest BCUT2D eigenvalue weighted by atomic mass is 9.86. The minimum atomic E-state index is -0.567. The van der Waals surface area contributed by atoms with Gasteiger partial charge in [0.05, 0.1) is 32.9 Å². The highest BCUT2D eigenvalue weighted by Crippen LogP contribution is 2.44. The van der Waals surface area contributed by atoms with Crippen LogP contribution in [0, 0.1) is 0 Å². The smallest absolute Gasteiger partial charge is 0.246 e. The van der Waals surface area contributed by atoms with E-state index in [-0.39, 0.29) is 24.5 Å². The highest BCUT2D eigenvalue weighted by Gasteiger charge is 2.48. The van der Waals surface area contributed by atoms with Crippen LogP contribution in [0.2, 0.25) is 0 Å². The third-order valence-corrected chi connectivity index (χ3v) is 7.51. The summed E-state index contributed by atoms with van der Waals surface area (Å²) >= 11 is 0. The molecule has 2 fully saturated rings. The van der Waals surface area contributed by atoms with Gasteiger partial charge in [0.1, 0.15) is 6.04 Å². The number of piperazine rings is 1. The first-order valence-electron chi connectivity index (χ1n) is 12.1. The monoisotopic (exact) mass is 475 g/mol. The number of nitrogens with zero attached hydrogens (tertiary/aromatic N) is 2. The summed E-state index contributed by atoms with van der Waals surface area (Å²) in [5, 5.41) is 1.09. The summed E-state index contributed by atoms with van der Waals surface area (Å²) in [6.07, 6.45) is 2.41. The molecule has 1 N–H and O–H groups in total. The molecule has 2 saturated heterocycles. The molecule has 4 heterocycles. The average molecular weight is 476 g/mol. The summed E-state index contributed by atoms with van der Waals surface area (Å²) in [7, 11) is 3.19. The van der Waals surface area contributed by atoms with Crippen LogP contribution in [0.4, 0.5) is 0 Å². The van der Waals surface area contributed by atoms with Gasteiger partial charge in [0.25, 0.3) is 0 Å². The number of hydrogen-bond donors (Lipinski definition) is 1. The standard InChI is InChI=1S/C27H29N3O5/c1-33-22-10-9-16(12-23(22)34-2)26-25-19(18-7-3-4-8-20(18)28-25)13-21-27(32)29(15-24(31)30(21)26)14-17-6-5-11-35-17/h3-4,7-10,12,17,21,26,28H,5-6,11,13-15H2,1-2H3/t17-,21+,26-/m1/s1. The van der Waals surface area contributed by atoms with Crippen molar-refractivity contribution in [2.24, 2.45) is 0 Å². The number of fused-ring (bicyclic) bond motifs is 4. The molecule has 0 spiro atoms. The van der Waals surface area contributed by atoms with Gasteiger partial charge in [0.15, 0.2) is 11.5 Å². The van der Waals surface area contributed by atoms with Gasteiger partial charge in [-0.2, -0.15) is 0 Å². The number of amides is 2. The van der Waals surface area contributed by atoms with Crippen molar-refractivity contribution in [1.29, 1.82) is 0 Å². The van der Waals surface area contributed by atoms with Crippen molar-refractivity contribution in [3.05, 3.63) is 59.3 Å². The number of benzene rings is 2. The van der Waals surface area contributed by atoms with Gasteiger partial charge in [0.2, 0.25) is 11.8 Å². The minimum absolute atomic E-state index is 0.00665. The number of aromatic nitrogens is 1. The molecule has 8 nitrogen and oxygen atoms in total. The van der Waals surface area contributed by atoms with Crippen LogP contribution in [0.15, 0.2) is 42.5 Å². The van der Waals surface area contributed by atoms with Crippen molar-refractivity contribution >= 4 is 22.7 Å². The number of methoxy groups -OCH3 is 2. The largest absolute Gasteiger partial charge is 0.493 e. The molecular weight excluding hydrogens is 446 g/mol. The second-order valence-electron chi connectivity index (χ2n) is 9.45. The Morgan fingerprint density at radius 3 is 2.69 bits per heavy atom. The molecule has 0 radical (unpaired) electrons. The first kappa shape index (κ1) is 22.0. The molecule has 2 amide bonds. The van der Waals surface area contributed by atoms with E-state index in [0.717, 1.165) is 47.2 Å². The van der Waals surface area contributed by atoms with Crippen LogP contribution in [-0.4, -0.2) is 72.7 Å². The van der Waals surface area contributed by atoms with Gasteiger partial charge in [-0.1, -0.05) is 24.3 Å². The molecule has 2 aromatic carbocycles. The van der Waals surface area contributed by atoms with Gasteiger partial charge in [-0.3, -0.25) is 9.59 Å². The lowest BCUT2D eigenvalue weighted by Gasteiger charge is -2.47. The highest BCUT2D eigenvalue weighted by atomic mass is 16.5. The molecular formula is C27H29N3O5. The van der Waals surface area contributed by atoms with E-state index in [2.05, 4.69) is 11.1 Å². The van der Waals surface area contributed by atoms with Gasteiger partial charge in [0, 0.05) is 36.2 Å². The number of aromatic amines is 1. The predicted molar refractivity (Wildman–Crippen MR) is 130 cm³/mol. The number of carbonyl (C=O) groups is 2. The van der Waals surface area contributed by atoms with Crippen LogP contribution in [0.25, 0.3) is 10.9 Å². The maximum absolute atomic E-state index is 13.8. The number of nitrogens with one attached hydrogen (secondary N) is 1. The average Bonchev–Trinajstić information content (AvgIpc) is 3.53. The Hall–Kier alpha value is -3.52. The Bertz CT molecular complexity index is 1300. The second kappa shape index (κ2) is 8.61. The quantitative estimate of drug-likeness (QED) is 0.613. The number of rotatable bonds is 5. The van der Waals surface area contributed by atoms with E-state index in [1.54, 1.807) is 24.0 Å². The van der Waals surface area contributed by atoms with Gasteiger partial charge >= 0.3 is 0 Å². The molecule has 0 aliphatic carbocycles. The summed E-state index contributed by atoms with van der Waals surface area (Å²) < 4.78 is 16.8. The Morgan fingerprint density at radius 2 is 1.91 bits per heavy atom. The zero-order valence-corrected chi connectivity index (χ0v) is 20.0. The number of carbonyl (C=O) groups excluding carboxylic acids is 2. The van der Waals surface area contributed by atoms with Crippen LogP contribution in [0.1, 0.15) is 35.7 Å². The fourth-order valence-electron chi connectivity index (χ4n) is 5.88. The highest BCUT2D eigenvalue weighted by molar-refractivity contribution is 5.97. The second-order valence-corrected chi connectivity index (χ2v) is 9.45. The van der Waals surface area contributed by atoms with E-state index in [9.17, 15) is 9.59 Å². The normalized spacial score (nSPS) is 24.0. The Morgan fingerprint density at radius 1 is 1.09 bits per heavy atom. The Kier molecular flexibility index (Phi) is 5.40. The van der Waals surface area contributed by atoms with Crippen LogP contribution in [0.3, 0.4) is 0 Å². The molecule has 3 aliphatic rings. The van der Waals surface area contributed by atoms with E-state index in [1.807, 2.05) is 36.4 Å². The summed E-state index contributed by atoms with van der Waals surface area (Å²) in [4.78, 5) is 34.5. The van der Waals surface area contributed by atoms with E-state index in [0.29, 0.717) is 24.5 Å². The number of hydrogen-bond acceptors (Lipinski definition) is 5. The fraction of sp³-hybridized carbons (Fsp3) is 0.407. The lowest BCUT2D eigenvalue weighted by molar-refractivity contribution is -0.159. The molecule has 6 rings (SSSR count). The maximum Gasteiger partial charge on any atom is 0.246 e. The Balaban J connectivity index is 1.46. The molecule has 3 aliphatic heterocycles. The number of ether oxygens (including phenoxy) is 3. The summed E-state index contributed by atoms with van der Waals surface area (Å²) in [6, 6.07) is 12.8. The first-order chi connectivity index (χ1) is 17.1. The molecule has 1 aromatic heterocycles. The van der Waals surface area contributed by atoms with Gasteiger partial charge in [-0.05, 0) is 42.2 Å². The number of para-hydroxylation sites is 1. The van der Waals surface area contributed by atoms with Crippen molar-refractivity contribution in [2.45, 2.75) is 37.5 Å². The van der Waals surface area contributed by atoms with E-state index in [1.165, 1.54) is 0 Å². The summed E-state index contributed by atoms with van der Waals surface area (Å²) in [5.41, 5.74) is 3.90. The third kappa shape index (κ3) is 3.55. The van der Waals surface area contributed by atoms with Crippen molar-refractivity contribution < 1.29 is 23.8 Å². The van der Waals surface area contributed by atoms with Crippen LogP contribution in [0.5, 0.6) is 11.5 Å². The van der Waals surface area contributed by atoms with Crippen LogP contribution >= 0.6 is 0 Å². The van der Waals surface area contributed by atoms with Crippen molar-refractivity contribution in [3.8, 4) is 11.5 Å². The molecule has 3 atom stereocenters. The fourth-order valence-corrected chi connectivity index (χ4v) is 5.88. The summed E-state index contributed by atoms with van der Waals surface area (Å²) in [6.45, 7) is 1.25. The van der Waals surface area contributed by atoms with E-state index < -0.39 is 12.1 Å². The van der Waals surface area contributed by atoms with Crippen LogP contribution < -0.4 is 9.47 Å². The van der Waals surface area contributed by atoms with Crippen molar-refractivity contribution in [2.75, 3.05) is 33.9 Å². The molecule has 0 unspecified atom stereocenters. The zero-order chi connectivity index (χ0) is 24.1. The zero-order valence-electron chi connectivity index (χ0n) is 20.0. The molecule has 0 saturated carbocycles. The molecule has 3 aromatic rings. The SMILES string of the molecule is COc1ccc([C@@H]2c3[nH]c4ccccc4c3C[C@H]3C(=O)N(C[C@H]4CCCO4)CC(=O)N23)cc1OC. The van der Waals surface area contributed by atoms with Crippen molar-refractivity contribution in [1.82, 2.24) is 14.8 Å². The Labute approximate surface area is 203 Å². The maximum atomic E-state index is 13.8. The third-order valence-electron chi connectivity index (χ3n) is 7.51. The van der Waals surface area contributed by atoms with E-state index in [4.69, 9.17) is 14.2 Å². The minimum Gasteiger partial charge on any atom is -0.493 e. The topological polar surface area (TPSA) is 84.1 Å². The molecule has 182 valence electrons. The number of H-pyrrole nitrogens is 1. The van der Waals surface area contributed by atoms with Gasteiger partial charge in [-0.25, -0.2) is 0 Å². The lowest BCUT2D eigenvalue weighted by Crippen LogP contribution is -2.63. The van der Waals surface area contributed by atoms with E-state index >= 15 is 0 Å². The van der Waals surface area contributed by atoms with Gasteiger partial charge < -0.3 is 29.0 Å². The van der Waals surface area contributed by atoms with Crippen molar-refractivity contribution in [3.63, 3.8) is 0 Å². The van der Waals surface area contributed by atoms with Gasteiger partial charge in [-0.15, -0.1) is 0 Å².